The lowest BCUT2D eigenvalue weighted by Crippen LogP contribution is -2.18. The number of carbonyl (C=O) groups is 3. The number of nitrogens with zero attached hydrogens (tertiary/aromatic N) is 3. The maximum atomic E-state index is 12.8. The fourth-order valence-electron chi connectivity index (χ4n) is 3.76. The van der Waals surface area contributed by atoms with Crippen molar-refractivity contribution in [1.82, 2.24) is 14.8 Å². The lowest BCUT2D eigenvalue weighted by atomic mass is 10.1. The van der Waals surface area contributed by atoms with Crippen LogP contribution in [0.4, 0.5) is 5.00 Å². The first-order valence-corrected chi connectivity index (χ1v) is 14.6. The predicted molar refractivity (Wildman–Crippen MR) is 153 cm³/mol. The summed E-state index contributed by atoms with van der Waals surface area (Å²) in [6.45, 7) is 10.1. The SMILES string of the molecule is CCn1c(CCCOc2ccc(Cl)cc2C)nnc1SCC(=O)Nc1sc(C(N)=O)c(C)c1C(=O)OC(C)C. The second-order valence-electron chi connectivity index (χ2n) is 8.92. The van der Waals surface area contributed by atoms with Gasteiger partial charge >= 0.3 is 5.97 Å². The molecular weight excluding hydrogens is 562 g/mol. The number of ether oxygens (including phenoxy) is 2. The molecule has 0 aliphatic rings. The van der Waals surface area contributed by atoms with Crippen LogP contribution in [0.5, 0.6) is 5.75 Å². The summed E-state index contributed by atoms with van der Waals surface area (Å²) in [6.07, 6.45) is 1.03. The fraction of sp³-hybridized carbons (Fsp3) is 0.423. The summed E-state index contributed by atoms with van der Waals surface area (Å²) in [5.41, 5.74) is 6.95. The first-order chi connectivity index (χ1) is 18.5. The Bertz CT molecular complexity index is 1350. The minimum Gasteiger partial charge on any atom is -0.493 e. The van der Waals surface area contributed by atoms with E-state index in [0.29, 0.717) is 35.3 Å². The summed E-state index contributed by atoms with van der Waals surface area (Å²) < 4.78 is 13.1. The van der Waals surface area contributed by atoms with Gasteiger partial charge in [0.05, 0.1) is 28.9 Å². The van der Waals surface area contributed by atoms with Gasteiger partial charge < -0.3 is 25.1 Å². The highest BCUT2D eigenvalue weighted by atomic mass is 35.5. The highest BCUT2D eigenvalue weighted by Crippen LogP contribution is 2.34. The number of hydrogen-bond acceptors (Lipinski definition) is 9. The first-order valence-electron chi connectivity index (χ1n) is 12.4. The van der Waals surface area contributed by atoms with Crippen molar-refractivity contribution in [1.29, 1.82) is 0 Å². The van der Waals surface area contributed by atoms with Crippen LogP contribution in [0.2, 0.25) is 5.02 Å². The normalized spacial score (nSPS) is 11.1. The molecular formula is C26H32ClN5O5S2. The standard InChI is InChI=1S/C26H32ClN5O5S2/c1-6-32-19(8-7-11-36-18-10-9-17(27)12-15(18)4)30-31-26(32)38-13-20(33)29-24-21(25(35)37-14(2)3)16(5)22(39-24)23(28)34/h9-10,12,14H,6-8,11,13H2,1-5H3,(H2,28,34)(H,29,33). The number of rotatable bonds is 13. The molecule has 3 rings (SSSR count). The van der Waals surface area contributed by atoms with Gasteiger partial charge in [-0.25, -0.2) is 4.79 Å². The summed E-state index contributed by atoms with van der Waals surface area (Å²) in [5, 5.41) is 12.8. The van der Waals surface area contributed by atoms with E-state index in [4.69, 9.17) is 26.8 Å². The molecule has 13 heteroatoms. The lowest BCUT2D eigenvalue weighted by molar-refractivity contribution is -0.113. The van der Waals surface area contributed by atoms with Crippen LogP contribution >= 0.6 is 34.7 Å². The van der Waals surface area contributed by atoms with Gasteiger partial charge in [-0.1, -0.05) is 23.4 Å². The maximum Gasteiger partial charge on any atom is 0.341 e. The number of amides is 2. The second-order valence-corrected chi connectivity index (χ2v) is 11.3. The van der Waals surface area contributed by atoms with Crippen molar-refractivity contribution in [2.24, 2.45) is 5.73 Å². The summed E-state index contributed by atoms with van der Waals surface area (Å²) in [6, 6.07) is 5.51. The zero-order valence-corrected chi connectivity index (χ0v) is 24.9. The van der Waals surface area contributed by atoms with Gasteiger partial charge in [0.15, 0.2) is 5.16 Å². The minimum atomic E-state index is -0.678. The van der Waals surface area contributed by atoms with Crippen LogP contribution < -0.4 is 15.8 Å². The van der Waals surface area contributed by atoms with Gasteiger partial charge in [-0.05, 0) is 70.4 Å². The number of halogens is 1. The van der Waals surface area contributed by atoms with E-state index >= 15 is 0 Å². The van der Waals surface area contributed by atoms with E-state index in [1.54, 1.807) is 26.8 Å². The van der Waals surface area contributed by atoms with Gasteiger partial charge in [0, 0.05) is 18.0 Å². The van der Waals surface area contributed by atoms with Crippen LogP contribution in [0.25, 0.3) is 0 Å². The first kappa shape index (κ1) is 30.5. The third-order valence-electron chi connectivity index (χ3n) is 5.55. The Kier molecular flexibility index (Phi) is 10.8. The number of benzene rings is 1. The smallest absolute Gasteiger partial charge is 0.341 e. The molecule has 0 spiro atoms. The molecule has 0 aliphatic carbocycles. The van der Waals surface area contributed by atoms with E-state index in [9.17, 15) is 14.4 Å². The molecule has 0 saturated carbocycles. The molecule has 210 valence electrons. The van der Waals surface area contributed by atoms with Gasteiger partial charge in [0.25, 0.3) is 5.91 Å². The van der Waals surface area contributed by atoms with Crippen molar-refractivity contribution in [2.45, 2.75) is 65.3 Å². The van der Waals surface area contributed by atoms with Crippen LogP contribution in [0.15, 0.2) is 23.4 Å². The number of anilines is 1. The molecule has 3 N–H and O–H groups in total. The van der Waals surface area contributed by atoms with Crippen molar-refractivity contribution in [2.75, 3.05) is 17.7 Å². The highest BCUT2D eigenvalue weighted by molar-refractivity contribution is 7.99. The van der Waals surface area contributed by atoms with E-state index in [-0.39, 0.29) is 33.2 Å². The molecule has 0 unspecified atom stereocenters. The third kappa shape index (κ3) is 7.96. The number of nitrogens with two attached hydrogens (primary N) is 1. The average Bonchev–Trinajstić information content (AvgIpc) is 3.40. The molecule has 0 bridgehead atoms. The number of carbonyl (C=O) groups excluding carboxylic acids is 3. The second kappa shape index (κ2) is 13.8. The molecule has 0 atom stereocenters. The molecule has 0 aliphatic heterocycles. The maximum absolute atomic E-state index is 12.8. The van der Waals surface area contributed by atoms with Gasteiger partial charge in [0.1, 0.15) is 16.6 Å². The van der Waals surface area contributed by atoms with Gasteiger partial charge in [-0.3, -0.25) is 9.59 Å². The Morgan fingerprint density at radius 1 is 1.23 bits per heavy atom. The number of thioether (sulfide) groups is 1. The Morgan fingerprint density at radius 2 is 1.97 bits per heavy atom. The van der Waals surface area contributed by atoms with Crippen molar-refractivity contribution in [3.05, 3.63) is 50.6 Å². The number of aromatic nitrogens is 3. The molecule has 0 radical (unpaired) electrons. The van der Waals surface area contributed by atoms with E-state index in [0.717, 1.165) is 34.9 Å². The van der Waals surface area contributed by atoms with Crippen molar-refractivity contribution in [3.8, 4) is 5.75 Å². The highest BCUT2D eigenvalue weighted by Gasteiger charge is 2.26. The fourth-order valence-corrected chi connectivity index (χ4v) is 5.87. The third-order valence-corrected chi connectivity index (χ3v) is 7.98. The summed E-state index contributed by atoms with van der Waals surface area (Å²) in [4.78, 5) is 37.5. The van der Waals surface area contributed by atoms with Gasteiger partial charge in [0.2, 0.25) is 5.91 Å². The van der Waals surface area contributed by atoms with Crippen LogP contribution in [-0.2, 0) is 22.5 Å². The number of aryl methyl sites for hydroxylation is 2. The summed E-state index contributed by atoms with van der Waals surface area (Å²) in [7, 11) is 0. The molecule has 1 aromatic carbocycles. The van der Waals surface area contributed by atoms with Crippen LogP contribution in [0.3, 0.4) is 0 Å². The largest absolute Gasteiger partial charge is 0.493 e. The molecule has 39 heavy (non-hydrogen) atoms. The van der Waals surface area contributed by atoms with Crippen LogP contribution in [-0.4, -0.2) is 51.0 Å². The van der Waals surface area contributed by atoms with E-state index in [2.05, 4.69) is 15.5 Å². The topological polar surface area (TPSA) is 138 Å². The summed E-state index contributed by atoms with van der Waals surface area (Å²) >= 11 is 8.18. The van der Waals surface area contributed by atoms with Crippen molar-refractivity contribution >= 4 is 57.5 Å². The molecule has 0 fully saturated rings. The van der Waals surface area contributed by atoms with E-state index in [1.165, 1.54) is 11.8 Å². The van der Waals surface area contributed by atoms with Gasteiger partial charge in [-0.15, -0.1) is 21.5 Å². The Morgan fingerprint density at radius 3 is 2.62 bits per heavy atom. The predicted octanol–water partition coefficient (Wildman–Crippen LogP) is 5.04. The zero-order chi connectivity index (χ0) is 28.7. The quantitative estimate of drug-likeness (QED) is 0.160. The minimum absolute atomic E-state index is 0.0264. The number of thiophene rings is 1. The molecule has 2 amide bonds. The van der Waals surface area contributed by atoms with Crippen LogP contribution in [0, 0.1) is 13.8 Å². The molecule has 0 saturated heterocycles. The molecule has 2 heterocycles. The zero-order valence-electron chi connectivity index (χ0n) is 22.5. The average molecular weight is 594 g/mol. The number of hydrogen-bond donors (Lipinski definition) is 2. The summed E-state index contributed by atoms with van der Waals surface area (Å²) in [5.74, 6) is -0.0463. The van der Waals surface area contributed by atoms with E-state index in [1.807, 2.05) is 30.5 Å². The Labute approximate surface area is 240 Å². The van der Waals surface area contributed by atoms with Crippen LogP contribution in [0.1, 0.15) is 64.2 Å². The Hall–Kier alpha value is -3.09. The van der Waals surface area contributed by atoms with Crippen molar-refractivity contribution < 1.29 is 23.9 Å². The van der Waals surface area contributed by atoms with Gasteiger partial charge in [-0.2, -0.15) is 0 Å². The molecule has 3 aromatic rings. The van der Waals surface area contributed by atoms with E-state index < -0.39 is 11.9 Å². The molecule has 2 aromatic heterocycles. The van der Waals surface area contributed by atoms with Crippen molar-refractivity contribution in [3.63, 3.8) is 0 Å². The number of esters is 1. The molecule has 10 nitrogen and oxygen atoms in total. The lowest BCUT2D eigenvalue weighted by Gasteiger charge is -2.11. The number of primary amides is 1. The monoisotopic (exact) mass is 593 g/mol. The number of nitrogens with one attached hydrogen (secondary N) is 1. The Balaban J connectivity index is 1.60.